The van der Waals surface area contributed by atoms with E-state index in [-0.39, 0.29) is 31.8 Å². The van der Waals surface area contributed by atoms with Gasteiger partial charge in [-0.1, -0.05) is 12.2 Å². The zero-order valence-electron chi connectivity index (χ0n) is 20.4. The van der Waals surface area contributed by atoms with Crippen molar-refractivity contribution in [2.75, 3.05) is 6.61 Å². The molecule has 33 heavy (non-hydrogen) atoms. The first kappa shape index (κ1) is 30.4. The number of aliphatic imine (C=N–C) groups is 1. The minimum Gasteiger partial charge on any atom is -0.464 e. The van der Waals surface area contributed by atoms with Crippen molar-refractivity contribution in [3.05, 3.63) is 25.3 Å². The molecule has 1 unspecified atom stereocenters. The van der Waals surface area contributed by atoms with Gasteiger partial charge in [0.25, 0.3) is 0 Å². The number of hydrogen-bond donors (Lipinski definition) is 1. The van der Waals surface area contributed by atoms with E-state index >= 15 is 0 Å². The Kier molecular flexibility index (Phi) is 13.4. The Labute approximate surface area is 195 Å². The lowest BCUT2D eigenvalue weighted by Crippen LogP contribution is -2.45. The van der Waals surface area contributed by atoms with Crippen molar-refractivity contribution in [2.45, 2.75) is 96.6 Å². The summed E-state index contributed by atoms with van der Waals surface area (Å²) in [4.78, 5) is 38.5. The van der Waals surface area contributed by atoms with Crippen LogP contribution in [0.15, 0.2) is 30.3 Å². The highest BCUT2D eigenvalue weighted by Crippen LogP contribution is 2.23. The molecule has 0 aliphatic carbocycles. The molecule has 0 aromatic carbocycles. The number of carbonyl (C=O) groups is 3. The van der Waals surface area contributed by atoms with Crippen LogP contribution in [0.1, 0.15) is 73.1 Å². The third kappa shape index (κ3) is 15.0. The minimum absolute atomic E-state index is 0.0728. The molecule has 9 heteroatoms. The molecular formula is C24H38F2N2O5. The van der Waals surface area contributed by atoms with E-state index in [0.29, 0.717) is 25.2 Å². The molecule has 0 radical (unpaired) electrons. The summed E-state index contributed by atoms with van der Waals surface area (Å²) < 4.78 is 36.6. The summed E-state index contributed by atoms with van der Waals surface area (Å²) in [6, 6.07) is -1.62. The van der Waals surface area contributed by atoms with Gasteiger partial charge in [0.15, 0.2) is 11.9 Å². The van der Waals surface area contributed by atoms with Gasteiger partial charge in [0.05, 0.1) is 6.61 Å². The lowest BCUT2D eigenvalue weighted by molar-refractivity contribution is -0.148. The maximum Gasteiger partial charge on any atom is 0.337 e. The molecule has 1 heterocycles. The Morgan fingerprint density at radius 2 is 1.79 bits per heavy atom. The molecule has 1 rings (SSSR count). The number of carbonyl (C=O) groups excluding carboxylic acids is 3. The number of halogens is 2. The van der Waals surface area contributed by atoms with Crippen LogP contribution in [-0.2, 0) is 23.9 Å². The summed E-state index contributed by atoms with van der Waals surface area (Å²) in [5.74, 6) is -0.957. The molecular weight excluding hydrogens is 434 g/mol. The highest BCUT2D eigenvalue weighted by atomic mass is 19.1. The molecule has 0 fully saturated rings. The van der Waals surface area contributed by atoms with Crippen molar-refractivity contribution in [3.63, 3.8) is 0 Å². The first-order valence-electron chi connectivity index (χ1n) is 11.1. The van der Waals surface area contributed by atoms with Crippen molar-refractivity contribution in [3.8, 4) is 0 Å². The van der Waals surface area contributed by atoms with Gasteiger partial charge in [-0.25, -0.2) is 23.4 Å². The third-order valence-electron chi connectivity index (χ3n) is 4.20. The predicted octanol–water partition coefficient (Wildman–Crippen LogP) is 4.55. The maximum absolute atomic E-state index is 13.6. The summed E-state index contributed by atoms with van der Waals surface area (Å²) in [7, 11) is 0. The van der Waals surface area contributed by atoms with E-state index in [2.05, 4.69) is 23.5 Å². The normalized spacial score (nSPS) is 16.5. The number of amides is 1. The number of cyclic esters (lactones) is 1. The van der Waals surface area contributed by atoms with Crippen LogP contribution in [0.5, 0.6) is 0 Å². The molecule has 1 amide bonds. The molecule has 0 saturated carbocycles. The number of ether oxygens (including phenoxy) is 2. The number of nitrogens with zero attached hydrogens (tertiary/aromatic N) is 1. The van der Waals surface area contributed by atoms with Crippen molar-refractivity contribution < 1.29 is 32.6 Å². The van der Waals surface area contributed by atoms with Crippen LogP contribution in [-0.4, -0.2) is 53.8 Å². The van der Waals surface area contributed by atoms with E-state index in [9.17, 15) is 23.2 Å². The van der Waals surface area contributed by atoms with Gasteiger partial charge in [-0.3, -0.25) is 4.79 Å². The molecule has 1 aliphatic rings. The van der Waals surface area contributed by atoms with Gasteiger partial charge in [-0.05, 0) is 47.5 Å². The monoisotopic (exact) mass is 472 g/mol. The van der Waals surface area contributed by atoms with Crippen LogP contribution in [0, 0.1) is 0 Å². The summed E-state index contributed by atoms with van der Waals surface area (Å²) in [5.41, 5.74) is -2.95. The molecule has 0 spiro atoms. The minimum atomic E-state index is -1.55. The molecule has 0 aromatic heterocycles. The zero-order chi connectivity index (χ0) is 25.7. The van der Waals surface area contributed by atoms with Crippen molar-refractivity contribution in [2.24, 2.45) is 4.99 Å². The SMILES string of the molecule is C=CCCC(=O)N[C@@H](CC(C)(C)F)C(=O)OCC.C=CCCC1=NC(CC(C)(C)F)C(=O)O1. The molecule has 188 valence electrons. The van der Waals surface area contributed by atoms with Gasteiger partial charge in [-0.2, -0.15) is 0 Å². The Bertz CT molecular complexity index is 709. The number of alkyl halides is 2. The summed E-state index contributed by atoms with van der Waals surface area (Å²) >= 11 is 0. The number of hydrogen-bond acceptors (Lipinski definition) is 6. The Morgan fingerprint density at radius 1 is 1.18 bits per heavy atom. The average molecular weight is 473 g/mol. The van der Waals surface area contributed by atoms with Crippen LogP contribution in [0.3, 0.4) is 0 Å². The molecule has 1 N–H and O–H groups in total. The molecule has 0 saturated heterocycles. The third-order valence-corrected chi connectivity index (χ3v) is 4.20. The van der Waals surface area contributed by atoms with Crippen LogP contribution in [0.4, 0.5) is 8.78 Å². The highest BCUT2D eigenvalue weighted by Gasteiger charge is 2.34. The first-order chi connectivity index (χ1) is 15.2. The van der Waals surface area contributed by atoms with Crippen LogP contribution in [0.2, 0.25) is 0 Å². The molecule has 0 aromatic rings. The number of allylic oxidation sites excluding steroid dienone is 2. The van der Waals surface area contributed by atoms with Crippen molar-refractivity contribution in [1.29, 1.82) is 0 Å². The van der Waals surface area contributed by atoms with E-state index in [1.807, 2.05) is 0 Å². The van der Waals surface area contributed by atoms with Crippen LogP contribution < -0.4 is 5.32 Å². The summed E-state index contributed by atoms with van der Waals surface area (Å²) in [6.45, 7) is 14.5. The van der Waals surface area contributed by atoms with Crippen molar-refractivity contribution >= 4 is 23.7 Å². The van der Waals surface area contributed by atoms with Gasteiger partial charge in [-0.15, -0.1) is 13.2 Å². The average Bonchev–Trinajstić information content (AvgIpc) is 3.01. The summed E-state index contributed by atoms with van der Waals surface area (Å²) in [5, 5.41) is 2.49. The van der Waals surface area contributed by atoms with Gasteiger partial charge < -0.3 is 14.8 Å². The highest BCUT2D eigenvalue weighted by molar-refractivity contribution is 5.97. The largest absolute Gasteiger partial charge is 0.464 e. The second-order valence-electron chi connectivity index (χ2n) is 8.83. The molecule has 1 aliphatic heterocycles. The van der Waals surface area contributed by atoms with E-state index in [1.165, 1.54) is 27.7 Å². The maximum atomic E-state index is 13.6. The Morgan fingerprint density at radius 3 is 2.27 bits per heavy atom. The standard InChI is InChI=1S/C13H22FNO3.C11H16FNO2/c1-5-7-8-11(16)15-10(9-13(3,4)14)12(17)18-6-2;1-4-5-6-9-13-8(10(14)15-9)7-11(2,3)12/h5,10H,1,6-9H2,2-4H3,(H,15,16);4,8H,1,5-7H2,2-3H3/t10-;/m0./s1. The van der Waals surface area contributed by atoms with Gasteiger partial charge >= 0.3 is 11.9 Å². The van der Waals surface area contributed by atoms with E-state index in [4.69, 9.17) is 9.47 Å². The predicted molar refractivity (Wildman–Crippen MR) is 124 cm³/mol. The van der Waals surface area contributed by atoms with Crippen LogP contribution in [0.25, 0.3) is 0 Å². The lowest BCUT2D eigenvalue weighted by atomic mass is 10.0. The fourth-order valence-electron chi connectivity index (χ4n) is 2.79. The molecule has 2 atom stereocenters. The lowest BCUT2D eigenvalue weighted by Gasteiger charge is -2.22. The fraction of sp³-hybridized carbons (Fsp3) is 0.667. The van der Waals surface area contributed by atoms with E-state index < -0.39 is 35.4 Å². The molecule has 7 nitrogen and oxygen atoms in total. The van der Waals surface area contributed by atoms with Crippen molar-refractivity contribution in [1.82, 2.24) is 5.32 Å². The van der Waals surface area contributed by atoms with Gasteiger partial charge in [0, 0.05) is 25.7 Å². The Hall–Kier alpha value is -2.58. The van der Waals surface area contributed by atoms with Crippen LogP contribution >= 0.6 is 0 Å². The molecule has 0 bridgehead atoms. The fourth-order valence-corrected chi connectivity index (χ4v) is 2.79. The van der Waals surface area contributed by atoms with E-state index in [0.717, 1.165) is 0 Å². The topological polar surface area (TPSA) is 94.1 Å². The van der Waals surface area contributed by atoms with Gasteiger partial charge in [0.1, 0.15) is 17.4 Å². The van der Waals surface area contributed by atoms with E-state index in [1.54, 1.807) is 19.1 Å². The Balaban J connectivity index is 0.000000629. The first-order valence-corrected chi connectivity index (χ1v) is 11.1. The second kappa shape index (κ2) is 14.5. The van der Waals surface area contributed by atoms with Gasteiger partial charge in [0.2, 0.25) is 5.91 Å². The number of esters is 2. The zero-order valence-corrected chi connectivity index (χ0v) is 20.4. The smallest absolute Gasteiger partial charge is 0.337 e. The number of rotatable bonds is 13. The second-order valence-corrected chi connectivity index (χ2v) is 8.83. The summed E-state index contributed by atoms with van der Waals surface area (Å²) in [6.07, 6.45) is 5.30. The number of nitrogens with one attached hydrogen (secondary N) is 1. The quantitative estimate of drug-likeness (QED) is 0.313.